The Morgan fingerprint density at radius 3 is 2.88 bits per heavy atom. The highest BCUT2D eigenvalue weighted by Crippen LogP contribution is 2.20. The van der Waals surface area contributed by atoms with Crippen molar-refractivity contribution in [3.8, 4) is 0 Å². The molecule has 24 heavy (non-hydrogen) atoms. The Morgan fingerprint density at radius 1 is 1.08 bits per heavy atom. The Morgan fingerprint density at radius 2 is 1.96 bits per heavy atom. The molecule has 3 heterocycles. The molecule has 124 valence electrons. The Labute approximate surface area is 145 Å². The van der Waals surface area contributed by atoms with Crippen molar-refractivity contribution < 1.29 is 4.74 Å². The third-order valence-corrected chi connectivity index (χ3v) is 5.23. The van der Waals surface area contributed by atoms with E-state index in [-0.39, 0.29) is 6.10 Å². The first-order valence-electron chi connectivity index (χ1n) is 8.19. The van der Waals surface area contributed by atoms with E-state index < -0.39 is 0 Å². The van der Waals surface area contributed by atoms with Gasteiger partial charge in [-0.1, -0.05) is 48.2 Å². The van der Waals surface area contributed by atoms with Crippen LogP contribution in [0.5, 0.6) is 0 Å². The molecule has 0 aliphatic carbocycles. The monoisotopic (exact) mass is 340 g/mol. The molecule has 3 aromatic rings. The topological polar surface area (TPSA) is 42.7 Å². The van der Waals surface area contributed by atoms with Crippen LogP contribution in [0.2, 0.25) is 0 Å². The van der Waals surface area contributed by atoms with E-state index in [1.807, 2.05) is 28.8 Å². The highest BCUT2D eigenvalue weighted by atomic mass is 32.2. The fourth-order valence-electron chi connectivity index (χ4n) is 2.95. The number of benzene rings is 1. The van der Waals surface area contributed by atoms with Gasteiger partial charge in [0.15, 0.2) is 10.8 Å². The first-order chi connectivity index (χ1) is 11.9. The Balaban J connectivity index is 1.35. The van der Waals surface area contributed by atoms with Crippen LogP contribution in [0.15, 0.2) is 59.9 Å². The molecule has 0 spiro atoms. The summed E-state index contributed by atoms with van der Waals surface area (Å²) < 4.78 is 7.96. The summed E-state index contributed by atoms with van der Waals surface area (Å²) in [4.78, 5) is 2.46. The van der Waals surface area contributed by atoms with Gasteiger partial charge in [0.25, 0.3) is 0 Å². The van der Waals surface area contributed by atoms with E-state index in [2.05, 4.69) is 45.4 Å². The van der Waals surface area contributed by atoms with Crippen LogP contribution in [0.25, 0.3) is 5.65 Å². The summed E-state index contributed by atoms with van der Waals surface area (Å²) >= 11 is 1.71. The van der Waals surface area contributed by atoms with Crippen molar-refractivity contribution in [2.75, 3.05) is 25.4 Å². The minimum absolute atomic E-state index is 0.225. The van der Waals surface area contributed by atoms with Crippen molar-refractivity contribution in [3.63, 3.8) is 0 Å². The van der Waals surface area contributed by atoms with Gasteiger partial charge in [0.2, 0.25) is 0 Å². The number of nitrogens with zero attached hydrogens (tertiary/aromatic N) is 4. The minimum atomic E-state index is 0.225. The number of hydrogen-bond donors (Lipinski definition) is 0. The van der Waals surface area contributed by atoms with Crippen LogP contribution in [0, 0.1) is 0 Å². The third-order valence-electron chi connectivity index (χ3n) is 4.15. The van der Waals surface area contributed by atoms with Crippen molar-refractivity contribution >= 4 is 17.4 Å². The summed E-state index contributed by atoms with van der Waals surface area (Å²) in [5.41, 5.74) is 2.24. The molecule has 1 atom stereocenters. The van der Waals surface area contributed by atoms with Crippen LogP contribution in [0.3, 0.4) is 0 Å². The molecule has 1 fully saturated rings. The lowest BCUT2D eigenvalue weighted by Gasteiger charge is -2.32. The van der Waals surface area contributed by atoms with Gasteiger partial charge in [-0.3, -0.25) is 9.30 Å². The van der Waals surface area contributed by atoms with E-state index in [1.165, 1.54) is 5.56 Å². The van der Waals surface area contributed by atoms with E-state index in [9.17, 15) is 0 Å². The molecule has 1 aromatic carbocycles. The van der Waals surface area contributed by atoms with Gasteiger partial charge >= 0.3 is 0 Å². The number of aromatic nitrogens is 3. The zero-order valence-electron chi connectivity index (χ0n) is 13.4. The fraction of sp³-hybridized carbons (Fsp3) is 0.333. The second kappa shape index (κ2) is 7.34. The number of morpholine rings is 1. The van der Waals surface area contributed by atoms with Crippen LogP contribution < -0.4 is 0 Å². The van der Waals surface area contributed by atoms with Crippen LogP contribution >= 0.6 is 11.8 Å². The number of ether oxygens (including phenoxy) is 1. The van der Waals surface area contributed by atoms with Gasteiger partial charge in [-0.15, -0.1) is 10.2 Å². The van der Waals surface area contributed by atoms with Gasteiger partial charge < -0.3 is 4.74 Å². The standard InChI is InChI=1S/C18H20N4OS/c1-2-6-15(7-3-1)12-21-10-11-23-16(13-21)14-24-18-20-19-17-8-4-5-9-22(17)18/h1-9,16H,10-14H2/t16-/m1/s1. The molecular formula is C18H20N4OS. The SMILES string of the molecule is c1ccc(CN2CCO[C@@H](CSc3nnc4ccccn34)C2)cc1. The summed E-state index contributed by atoms with van der Waals surface area (Å²) in [6.07, 6.45) is 2.23. The zero-order chi connectivity index (χ0) is 16.2. The molecule has 4 rings (SSSR count). The summed E-state index contributed by atoms with van der Waals surface area (Å²) in [5, 5.41) is 9.39. The molecule has 2 aromatic heterocycles. The van der Waals surface area contributed by atoms with E-state index in [0.717, 1.165) is 42.8 Å². The predicted octanol–water partition coefficient (Wildman–Crippen LogP) is 2.72. The summed E-state index contributed by atoms with van der Waals surface area (Å²) in [6, 6.07) is 16.6. The molecule has 0 N–H and O–H groups in total. The van der Waals surface area contributed by atoms with Crippen molar-refractivity contribution in [1.29, 1.82) is 0 Å². The minimum Gasteiger partial charge on any atom is -0.375 e. The van der Waals surface area contributed by atoms with Gasteiger partial charge in [-0.05, 0) is 17.7 Å². The normalized spacial score (nSPS) is 18.9. The van der Waals surface area contributed by atoms with Crippen molar-refractivity contribution in [2.24, 2.45) is 0 Å². The molecule has 0 radical (unpaired) electrons. The lowest BCUT2D eigenvalue weighted by atomic mass is 10.2. The fourth-order valence-corrected chi connectivity index (χ4v) is 3.88. The van der Waals surface area contributed by atoms with Gasteiger partial charge in [0.1, 0.15) is 0 Å². The first-order valence-corrected chi connectivity index (χ1v) is 9.17. The lowest BCUT2D eigenvalue weighted by molar-refractivity contribution is -0.0187. The number of rotatable bonds is 5. The van der Waals surface area contributed by atoms with E-state index in [1.54, 1.807) is 11.8 Å². The molecule has 0 unspecified atom stereocenters. The quantitative estimate of drug-likeness (QED) is 0.668. The maximum atomic E-state index is 5.94. The molecular weight excluding hydrogens is 320 g/mol. The Bertz CT molecular complexity index is 792. The van der Waals surface area contributed by atoms with Crippen LogP contribution in [0.1, 0.15) is 5.56 Å². The molecule has 1 saturated heterocycles. The molecule has 6 heteroatoms. The Hall–Kier alpha value is -1.89. The molecule has 0 bridgehead atoms. The number of thioether (sulfide) groups is 1. The highest BCUT2D eigenvalue weighted by molar-refractivity contribution is 7.99. The second-order valence-electron chi connectivity index (χ2n) is 5.94. The van der Waals surface area contributed by atoms with E-state index in [0.29, 0.717) is 0 Å². The number of hydrogen-bond acceptors (Lipinski definition) is 5. The maximum absolute atomic E-state index is 5.94. The van der Waals surface area contributed by atoms with Gasteiger partial charge in [0.05, 0.1) is 12.7 Å². The first kappa shape index (κ1) is 15.6. The summed E-state index contributed by atoms with van der Waals surface area (Å²) in [6.45, 7) is 3.72. The molecule has 5 nitrogen and oxygen atoms in total. The highest BCUT2D eigenvalue weighted by Gasteiger charge is 2.21. The van der Waals surface area contributed by atoms with Crippen molar-refractivity contribution in [3.05, 3.63) is 60.3 Å². The van der Waals surface area contributed by atoms with Crippen LogP contribution in [-0.2, 0) is 11.3 Å². The summed E-state index contributed by atoms with van der Waals surface area (Å²) in [5.74, 6) is 0.890. The van der Waals surface area contributed by atoms with Gasteiger partial charge in [0, 0.05) is 31.6 Å². The zero-order valence-corrected chi connectivity index (χ0v) is 14.2. The molecule has 0 amide bonds. The number of fused-ring (bicyclic) bond motifs is 1. The van der Waals surface area contributed by atoms with E-state index in [4.69, 9.17) is 4.74 Å². The lowest BCUT2D eigenvalue weighted by Crippen LogP contribution is -2.43. The molecule has 1 aliphatic rings. The van der Waals surface area contributed by atoms with E-state index >= 15 is 0 Å². The molecule has 1 aliphatic heterocycles. The van der Waals surface area contributed by atoms with Crippen molar-refractivity contribution in [1.82, 2.24) is 19.5 Å². The predicted molar refractivity (Wildman–Crippen MR) is 95.2 cm³/mol. The largest absolute Gasteiger partial charge is 0.375 e. The van der Waals surface area contributed by atoms with Gasteiger partial charge in [-0.25, -0.2) is 0 Å². The van der Waals surface area contributed by atoms with Crippen LogP contribution in [0.4, 0.5) is 0 Å². The Kier molecular flexibility index (Phi) is 4.78. The smallest absolute Gasteiger partial charge is 0.195 e. The average Bonchev–Trinajstić information content (AvgIpc) is 3.04. The summed E-state index contributed by atoms with van der Waals surface area (Å²) in [7, 11) is 0. The second-order valence-corrected chi connectivity index (χ2v) is 6.92. The van der Waals surface area contributed by atoms with Crippen molar-refractivity contribution in [2.45, 2.75) is 17.8 Å². The number of pyridine rings is 1. The molecule has 0 saturated carbocycles. The van der Waals surface area contributed by atoms with Crippen LogP contribution in [-0.4, -0.2) is 51.1 Å². The van der Waals surface area contributed by atoms with Gasteiger partial charge in [-0.2, -0.15) is 0 Å². The average molecular weight is 340 g/mol. The third kappa shape index (κ3) is 3.61. The maximum Gasteiger partial charge on any atom is 0.195 e.